The first-order chi connectivity index (χ1) is 6.70. The maximum Gasteiger partial charge on any atom is 0.0703 e. The van der Waals surface area contributed by atoms with Gasteiger partial charge < -0.3 is 9.84 Å². The van der Waals surface area contributed by atoms with E-state index in [0.717, 1.165) is 32.1 Å². The van der Waals surface area contributed by atoms with Gasteiger partial charge in [0.25, 0.3) is 0 Å². The quantitative estimate of drug-likeness (QED) is 0.700. The summed E-state index contributed by atoms with van der Waals surface area (Å²) in [6.45, 7) is 4.62. The van der Waals surface area contributed by atoms with Crippen molar-refractivity contribution in [1.82, 2.24) is 0 Å². The van der Waals surface area contributed by atoms with Gasteiger partial charge in [0.05, 0.1) is 11.7 Å². The van der Waals surface area contributed by atoms with Gasteiger partial charge in [-0.15, -0.1) is 11.8 Å². The van der Waals surface area contributed by atoms with Crippen molar-refractivity contribution in [2.75, 3.05) is 6.61 Å². The minimum atomic E-state index is -0.525. The molecular formula is C12H20O2. The van der Waals surface area contributed by atoms with Crippen molar-refractivity contribution in [2.24, 2.45) is 0 Å². The fraction of sp³-hybridized carbons (Fsp3) is 0.833. The van der Waals surface area contributed by atoms with E-state index in [4.69, 9.17) is 4.74 Å². The van der Waals surface area contributed by atoms with Gasteiger partial charge in [0.15, 0.2) is 0 Å². The molecule has 2 heteroatoms. The Hall–Kier alpha value is -0.520. The van der Waals surface area contributed by atoms with Gasteiger partial charge in [-0.05, 0) is 26.2 Å². The maximum atomic E-state index is 10.3. The first kappa shape index (κ1) is 11.6. The van der Waals surface area contributed by atoms with Crippen molar-refractivity contribution in [2.45, 2.75) is 57.7 Å². The number of hydrogen-bond donors (Lipinski definition) is 1. The highest BCUT2D eigenvalue weighted by atomic mass is 16.5. The monoisotopic (exact) mass is 196 g/mol. The van der Waals surface area contributed by atoms with E-state index in [2.05, 4.69) is 18.8 Å². The highest BCUT2D eigenvalue weighted by Gasteiger charge is 2.33. The van der Waals surface area contributed by atoms with Crippen LogP contribution >= 0.6 is 0 Å². The van der Waals surface area contributed by atoms with Gasteiger partial charge in [-0.25, -0.2) is 0 Å². The van der Waals surface area contributed by atoms with Crippen LogP contribution in [0.3, 0.4) is 0 Å². The van der Waals surface area contributed by atoms with Crippen LogP contribution in [0.15, 0.2) is 0 Å². The molecule has 0 aromatic rings. The Labute approximate surface area is 86.7 Å². The lowest BCUT2D eigenvalue weighted by atomic mass is 9.85. The molecule has 2 unspecified atom stereocenters. The molecule has 2 atom stereocenters. The van der Waals surface area contributed by atoms with E-state index in [1.54, 1.807) is 0 Å². The van der Waals surface area contributed by atoms with Crippen LogP contribution < -0.4 is 0 Å². The first-order valence-electron chi connectivity index (χ1n) is 5.44. The fourth-order valence-corrected chi connectivity index (χ4v) is 1.91. The molecule has 1 N–H and O–H groups in total. The molecule has 14 heavy (non-hydrogen) atoms. The van der Waals surface area contributed by atoms with Crippen molar-refractivity contribution in [3.8, 4) is 11.8 Å². The van der Waals surface area contributed by atoms with E-state index in [-0.39, 0.29) is 6.10 Å². The molecule has 0 aromatic carbocycles. The summed E-state index contributed by atoms with van der Waals surface area (Å²) in [7, 11) is 0. The van der Waals surface area contributed by atoms with Crippen molar-refractivity contribution >= 4 is 0 Å². The summed E-state index contributed by atoms with van der Waals surface area (Å²) in [5, 5.41) is 10.3. The summed E-state index contributed by atoms with van der Waals surface area (Å²) >= 11 is 0. The SMILES string of the molecule is CC#CCCC1(O)CCOC(CC)C1. The van der Waals surface area contributed by atoms with Crippen LogP contribution in [0.1, 0.15) is 46.0 Å². The van der Waals surface area contributed by atoms with Crippen molar-refractivity contribution < 1.29 is 9.84 Å². The minimum absolute atomic E-state index is 0.239. The Morgan fingerprint density at radius 1 is 1.57 bits per heavy atom. The van der Waals surface area contributed by atoms with Crippen LogP contribution in [0, 0.1) is 11.8 Å². The highest BCUT2D eigenvalue weighted by molar-refractivity contribution is 4.97. The van der Waals surface area contributed by atoms with Gasteiger partial charge >= 0.3 is 0 Å². The summed E-state index contributed by atoms with van der Waals surface area (Å²) in [4.78, 5) is 0. The molecule has 2 nitrogen and oxygen atoms in total. The maximum absolute atomic E-state index is 10.3. The van der Waals surface area contributed by atoms with Gasteiger partial charge in [0.2, 0.25) is 0 Å². The van der Waals surface area contributed by atoms with Crippen LogP contribution in [0.2, 0.25) is 0 Å². The highest BCUT2D eigenvalue weighted by Crippen LogP contribution is 2.30. The van der Waals surface area contributed by atoms with Crippen molar-refractivity contribution in [3.63, 3.8) is 0 Å². The number of aliphatic hydroxyl groups is 1. The molecule has 0 saturated carbocycles. The predicted octanol–water partition coefficient (Wildman–Crippen LogP) is 2.11. The van der Waals surface area contributed by atoms with Gasteiger partial charge in [-0.3, -0.25) is 0 Å². The Morgan fingerprint density at radius 3 is 3.00 bits per heavy atom. The van der Waals surface area contributed by atoms with Gasteiger partial charge in [-0.2, -0.15) is 0 Å². The normalized spacial score (nSPS) is 32.1. The minimum Gasteiger partial charge on any atom is -0.390 e. The van der Waals surface area contributed by atoms with Crippen LogP contribution in [0.25, 0.3) is 0 Å². The molecule has 1 saturated heterocycles. The molecule has 80 valence electrons. The molecule has 0 spiro atoms. The molecule has 0 aliphatic carbocycles. The summed E-state index contributed by atoms with van der Waals surface area (Å²) in [5.41, 5.74) is -0.525. The van der Waals surface area contributed by atoms with E-state index in [0.29, 0.717) is 6.61 Å². The zero-order valence-electron chi connectivity index (χ0n) is 9.18. The van der Waals surface area contributed by atoms with E-state index < -0.39 is 5.60 Å². The fourth-order valence-electron chi connectivity index (χ4n) is 1.91. The van der Waals surface area contributed by atoms with Crippen molar-refractivity contribution in [3.05, 3.63) is 0 Å². The van der Waals surface area contributed by atoms with Crippen LogP contribution in [0.5, 0.6) is 0 Å². The largest absolute Gasteiger partial charge is 0.390 e. The number of ether oxygens (including phenoxy) is 1. The van der Waals surface area contributed by atoms with Crippen LogP contribution in [-0.2, 0) is 4.74 Å². The summed E-state index contributed by atoms with van der Waals surface area (Å²) in [6, 6.07) is 0. The lowest BCUT2D eigenvalue weighted by Gasteiger charge is -2.36. The Bertz CT molecular complexity index is 226. The Balaban J connectivity index is 2.41. The van der Waals surface area contributed by atoms with Gasteiger partial charge in [0.1, 0.15) is 0 Å². The van der Waals surface area contributed by atoms with E-state index >= 15 is 0 Å². The Kier molecular flexibility index (Phi) is 4.44. The lowest BCUT2D eigenvalue weighted by Crippen LogP contribution is -2.40. The second-order valence-electron chi connectivity index (χ2n) is 4.01. The smallest absolute Gasteiger partial charge is 0.0703 e. The third kappa shape index (κ3) is 3.32. The number of hydrogen-bond acceptors (Lipinski definition) is 2. The Morgan fingerprint density at radius 2 is 2.36 bits per heavy atom. The lowest BCUT2D eigenvalue weighted by molar-refractivity contribution is -0.106. The molecule has 1 heterocycles. The summed E-state index contributed by atoms with van der Waals surface area (Å²) in [5.74, 6) is 5.86. The van der Waals surface area contributed by atoms with Crippen LogP contribution in [-0.4, -0.2) is 23.4 Å². The molecule has 1 aliphatic rings. The topological polar surface area (TPSA) is 29.5 Å². The molecule has 1 aliphatic heterocycles. The van der Waals surface area contributed by atoms with E-state index in [9.17, 15) is 5.11 Å². The van der Waals surface area contributed by atoms with Gasteiger partial charge in [-0.1, -0.05) is 6.92 Å². The van der Waals surface area contributed by atoms with Gasteiger partial charge in [0, 0.05) is 19.4 Å². The first-order valence-corrected chi connectivity index (χ1v) is 5.44. The third-order valence-electron chi connectivity index (χ3n) is 2.88. The molecular weight excluding hydrogens is 176 g/mol. The molecule has 0 aromatic heterocycles. The predicted molar refractivity (Wildman–Crippen MR) is 56.9 cm³/mol. The standard InChI is InChI=1S/C12H20O2/c1-3-5-6-7-12(13)8-9-14-11(4-2)10-12/h11,13H,4,6-10H2,1-2H3. The molecule has 1 rings (SSSR count). The van der Waals surface area contributed by atoms with E-state index in [1.165, 1.54) is 0 Å². The van der Waals surface area contributed by atoms with Crippen molar-refractivity contribution in [1.29, 1.82) is 0 Å². The zero-order chi connectivity index (χ0) is 10.4. The van der Waals surface area contributed by atoms with Crippen LogP contribution in [0.4, 0.5) is 0 Å². The van der Waals surface area contributed by atoms with E-state index in [1.807, 2.05) is 6.92 Å². The number of rotatable bonds is 3. The molecule has 0 bridgehead atoms. The molecule has 0 amide bonds. The zero-order valence-corrected chi connectivity index (χ0v) is 9.18. The average molecular weight is 196 g/mol. The second kappa shape index (κ2) is 5.38. The molecule has 1 fully saturated rings. The summed E-state index contributed by atoms with van der Waals surface area (Å²) in [6.07, 6.45) is 4.34. The average Bonchev–Trinajstić information content (AvgIpc) is 2.18. The summed E-state index contributed by atoms with van der Waals surface area (Å²) < 4.78 is 5.53. The second-order valence-corrected chi connectivity index (χ2v) is 4.01. The third-order valence-corrected chi connectivity index (χ3v) is 2.88. The molecule has 0 radical (unpaired) electrons.